The molecule has 2 fully saturated rings. The summed E-state index contributed by atoms with van der Waals surface area (Å²) in [7, 11) is 0. The Bertz CT molecular complexity index is 334. The first-order chi connectivity index (χ1) is 9.66. The Morgan fingerprint density at radius 2 is 1.60 bits per heavy atom. The van der Waals surface area contributed by atoms with E-state index >= 15 is 0 Å². The molecule has 5 nitrogen and oxygen atoms in total. The number of aliphatic carboxylic acids is 1. The SMILES string of the molecule is O=C(CNC1CCCC1)NC(C(=O)O)C1CCCCC1. The summed E-state index contributed by atoms with van der Waals surface area (Å²) in [6.07, 6.45) is 9.84. The minimum atomic E-state index is -0.897. The quantitative estimate of drug-likeness (QED) is 0.692. The molecule has 20 heavy (non-hydrogen) atoms. The minimum absolute atomic E-state index is 0.0941. The van der Waals surface area contributed by atoms with Crippen LogP contribution in [0.25, 0.3) is 0 Å². The molecule has 2 saturated carbocycles. The van der Waals surface area contributed by atoms with Crippen molar-refractivity contribution >= 4 is 11.9 Å². The van der Waals surface area contributed by atoms with E-state index in [-0.39, 0.29) is 18.4 Å². The van der Waals surface area contributed by atoms with Gasteiger partial charge < -0.3 is 15.7 Å². The third kappa shape index (κ3) is 4.47. The molecule has 0 aliphatic heterocycles. The number of carbonyl (C=O) groups excluding carboxylic acids is 1. The zero-order chi connectivity index (χ0) is 14.4. The molecule has 2 aliphatic carbocycles. The van der Waals surface area contributed by atoms with Crippen LogP contribution in [-0.2, 0) is 9.59 Å². The van der Waals surface area contributed by atoms with Gasteiger partial charge in [0.1, 0.15) is 6.04 Å². The van der Waals surface area contributed by atoms with Gasteiger partial charge in [-0.1, -0.05) is 32.1 Å². The monoisotopic (exact) mass is 282 g/mol. The molecule has 0 bridgehead atoms. The van der Waals surface area contributed by atoms with Gasteiger partial charge in [-0.25, -0.2) is 4.79 Å². The predicted molar refractivity (Wildman–Crippen MR) is 76.4 cm³/mol. The van der Waals surface area contributed by atoms with E-state index in [4.69, 9.17) is 0 Å². The number of hydrogen-bond acceptors (Lipinski definition) is 3. The normalized spacial score (nSPS) is 22.6. The van der Waals surface area contributed by atoms with Crippen molar-refractivity contribution in [3.8, 4) is 0 Å². The topological polar surface area (TPSA) is 78.4 Å². The van der Waals surface area contributed by atoms with E-state index in [0.717, 1.165) is 38.5 Å². The highest BCUT2D eigenvalue weighted by molar-refractivity contribution is 5.84. The van der Waals surface area contributed by atoms with E-state index in [9.17, 15) is 14.7 Å². The number of carbonyl (C=O) groups is 2. The lowest BCUT2D eigenvalue weighted by atomic mass is 9.84. The maximum absolute atomic E-state index is 11.9. The van der Waals surface area contributed by atoms with Gasteiger partial charge in [0.05, 0.1) is 6.54 Å². The lowest BCUT2D eigenvalue weighted by Crippen LogP contribution is -2.49. The first-order valence-corrected chi connectivity index (χ1v) is 7.92. The molecule has 0 aromatic heterocycles. The van der Waals surface area contributed by atoms with Crippen molar-refractivity contribution in [2.24, 2.45) is 5.92 Å². The summed E-state index contributed by atoms with van der Waals surface area (Å²) in [4.78, 5) is 23.3. The lowest BCUT2D eigenvalue weighted by Gasteiger charge is -2.28. The molecule has 0 heterocycles. The maximum atomic E-state index is 11.9. The van der Waals surface area contributed by atoms with Crippen molar-refractivity contribution in [1.29, 1.82) is 0 Å². The first kappa shape index (κ1) is 15.3. The molecule has 2 aliphatic rings. The van der Waals surface area contributed by atoms with Crippen LogP contribution in [0.15, 0.2) is 0 Å². The van der Waals surface area contributed by atoms with Gasteiger partial charge in [-0.2, -0.15) is 0 Å². The van der Waals surface area contributed by atoms with Crippen LogP contribution >= 0.6 is 0 Å². The Balaban J connectivity index is 1.77. The average molecular weight is 282 g/mol. The Hall–Kier alpha value is -1.10. The van der Waals surface area contributed by atoms with E-state index in [1.165, 1.54) is 19.3 Å². The summed E-state index contributed by atoms with van der Waals surface area (Å²) in [6, 6.07) is -0.285. The summed E-state index contributed by atoms with van der Waals surface area (Å²) in [5, 5.41) is 15.3. The second kappa shape index (κ2) is 7.62. The zero-order valence-electron chi connectivity index (χ0n) is 12.1. The summed E-state index contributed by atoms with van der Waals surface area (Å²) in [6.45, 7) is 0.237. The Labute approximate surface area is 120 Å². The largest absolute Gasteiger partial charge is 0.480 e. The predicted octanol–water partition coefficient (Wildman–Crippen LogP) is 1.67. The van der Waals surface area contributed by atoms with Crippen LogP contribution in [0.5, 0.6) is 0 Å². The summed E-state index contributed by atoms with van der Waals surface area (Å²) in [5.41, 5.74) is 0. The molecule has 0 aromatic carbocycles. The summed E-state index contributed by atoms with van der Waals surface area (Å²) in [5.74, 6) is -0.988. The van der Waals surface area contributed by atoms with E-state index in [2.05, 4.69) is 10.6 Å². The average Bonchev–Trinajstić information content (AvgIpc) is 2.96. The summed E-state index contributed by atoms with van der Waals surface area (Å²) < 4.78 is 0. The molecular formula is C15H26N2O3. The molecule has 1 unspecified atom stereocenters. The molecule has 1 atom stereocenters. The van der Waals surface area contributed by atoms with Crippen LogP contribution in [0.1, 0.15) is 57.8 Å². The number of hydrogen-bond donors (Lipinski definition) is 3. The zero-order valence-corrected chi connectivity index (χ0v) is 12.1. The fraction of sp³-hybridized carbons (Fsp3) is 0.867. The standard InChI is InChI=1S/C15H26N2O3/c18-13(10-16-12-8-4-5-9-12)17-14(15(19)20)11-6-2-1-3-7-11/h11-12,14,16H,1-10H2,(H,17,18)(H,19,20). The third-order valence-corrected chi connectivity index (χ3v) is 4.61. The van der Waals surface area contributed by atoms with Gasteiger partial charge in [-0.05, 0) is 31.6 Å². The molecule has 5 heteroatoms. The van der Waals surface area contributed by atoms with Gasteiger partial charge in [-0.3, -0.25) is 4.79 Å². The van der Waals surface area contributed by atoms with E-state index in [0.29, 0.717) is 6.04 Å². The number of amides is 1. The molecule has 2 rings (SSSR count). The Morgan fingerprint density at radius 1 is 1.00 bits per heavy atom. The molecule has 114 valence electrons. The second-order valence-electron chi connectivity index (χ2n) is 6.14. The molecule has 0 spiro atoms. The Kier molecular flexibility index (Phi) is 5.83. The van der Waals surface area contributed by atoms with Gasteiger partial charge in [0.15, 0.2) is 0 Å². The third-order valence-electron chi connectivity index (χ3n) is 4.61. The van der Waals surface area contributed by atoms with Crippen molar-refractivity contribution in [3.63, 3.8) is 0 Å². The van der Waals surface area contributed by atoms with Gasteiger partial charge in [0.25, 0.3) is 0 Å². The number of nitrogens with one attached hydrogen (secondary N) is 2. The second-order valence-corrected chi connectivity index (χ2v) is 6.14. The van der Waals surface area contributed by atoms with Crippen LogP contribution < -0.4 is 10.6 Å². The first-order valence-electron chi connectivity index (χ1n) is 7.92. The van der Waals surface area contributed by atoms with E-state index in [1.807, 2.05) is 0 Å². The van der Waals surface area contributed by atoms with Crippen LogP contribution in [0.3, 0.4) is 0 Å². The number of rotatable bonds is 6. The van der Waals surface area contributed by atoms with E-state index in [1.54, 1.807) is 0 Å². The van der Waals surface area contributed by atoms with Crippen LogP contribution in [-0.4, -0.2) is 35.6 Å². The van der Waals surface area contributed by atoms with Crippen molar-refractivity contribution in [2.75, 3.05) is 6.54 Å². The Morgan fingerprint density at radius 3 is 2.20 bits per heavy atom. The molecule has 0 radical (unpaired) electrons. The van der Waals surface area contributed by atoms with Crippen LogP contribution in [0, 0.1) is 5.92 Å². The highest BCUT2D eigenvalue weighted by atomic mass is 16.4. The number of carboxylic acid groups (broad SMARTS) is 1. The highest BCUT2D eigenvalue weighted by Crippen LogP contribution is 2.26. The lowest BCUT2D eigenvalue weighted by molar-refractivity contribution is -0.143. The van der Waals surface area contributed by atoms with Crippen molar-refractivity contribution in [3.05, 3.63) is 0 Å². The maximum Gasteiger partial charge on any atom is 0.326 e. The number of carboxylic acids is 1. The van der Waals surface area contributed by atoms with Gasteiger partial charge in [0, 0.05) is 6.04 Å². The van der Waals surface area contributed by atoms with Crippen molar-refractivity contribution < 1.29 is 14.7 Å². The smallest absolute Gasteiger partial charge is 0.326 e. The molecular weight excluding hydrogens is 256 g/mol. The van der Waals surface area contributed by atoms with Crippen molar-refractivity contribution in [1.82, 2.24) is 10.6 Å². The van der Waals surface area contributed by atoms with Gasteiger partial charge in [0.2, 0.25) is 5.91 Å². The van der Waals surface area contributed by atoms with Crippen LogP contribution in [0.2, 0.25) is 0 Å². The molecule has 3 N–H and O–H groups in total. The molecule has 1 amide bonds. The summed E-state index contributed by atoms with van der Waals surface area (Å²) >= 11 is 0. The fourth-order valence-electron chi connectivity index (χ4n) is 3.44. The fourth-order valence-corrected chi connectivity index (χ4v) is 3.44. The highest BCUT2D eigenvalue weighted by Gasteiger charge is 2.30. The van der Waals surface area contributed by atoms with Crippen molar-refractivity contribution in [2.45, 2.75) is 69.9 Å². The van der Waals surface area contributed by atoms with Crippen LogP contribution in [0.4, 0.5) is 0 Å². The van der Waals surface area contributed by atoms with E-state index < -0.39 is 12.0 Å². The molecule has 0 saturated heterocycles. The van der Waals surface area contributed by atoms with Gasteiger partial charge >= 0.3 is 5.97 Å². The molecule has 0 aromatic rings. The van der Waals surface area contributed by atoms with Gasteiger partial charge in [-0.15, -0.1) is 0 Å². The minimum Gasteiger partial charge on any atom is -0.480 e.